The van der Waals surface area contributed by atoms with Gasteiger partial charge in [-0.3, -0.25) is 19.8 Å². The Hall–Kier alpha value is -1.38. The van der Waals surface area contributed by atoms with E-state index in [4.69, 9.17) is 5.73 Å². The molecular weight excluding hydrogens is 310 g/mol. The van der Waals surface area contributed by atoms with Crippen molar-refractivity contribution < 1.29 is 14.4 Å². The van der Waals surface area contributed by atoms with Gasteiger partial charge in [0, 0.05) is 26.2 Å². The fourth-order valence-corrected chi connectivity index (χ4v) is 2.33. The third kappa shape index (κ3) is 7.58. The van der Waals surface area contributed by atoms with Crippen LogP contribution in [-0.2, 0) is 9.59 Å². The Morgan fingerprint density at radius 3 is 2.64 bits per heavy atom. The van der Waals surface area contributed by atoms with Gasteiger partial charge < -0.3 is 16.4 Å². The van der Waals surface area contributed by atoms with Gasteiger partial charge in [-0.25, -0.2) is 4.79 Å². The van der Waals surface area contributed by atoms with Crippen LogP contribution in [0.1, 0.15) is 19.8 Å². The minimum Gasteiger partial charge on any atom is -0.355 e. The SMILES string of the molecule is CCNC(=O)NC(=O)CN1CCCC(C(=O)NCCN)C1.Cl. The lowest BCUT2D eigenvalue weighted by Crippen LogP contribution is -2.49. The average Bonchev–Trinajstić information content (AvgIpc) is 2.45. The third-order valence-corrected chi connectivity index (χ3v) is 3.28. The summed E-state index contributed by atoms with van der Waals surface area (Å²) in [5.41, 5.74) is 5.35. The van der Waals surface area contributed by atoms with Gasteiger partial charge in [0.05, 0.1) is 12.5 Å². The van der Waals surface area contributed by atoms with Gasteiger partial charge in [0.2, 0.25) is 11.8 Å². The summed E-state index contributed by atoms with van der Waals surface area (Å²) in [4.78, 5) is 36.7. The molecule has 1 saturated heterocycles. The quantitative estimate of drug-likeness (QED) is 0.499. The van der Waals surface area contributed by atoms with Crippen LogP contribution < -0.4 is 21.7 Å². The molecule has 0 aromatic carbocycles. The topological polar surface area (TPSA) is 117 Å². The van der Waals surface area contributed by atoms with Crippen molar-refractivity contribution in [1.82, 2.24) is 20.9 Å². The molecule has 4 amide bonds. The van der Waals surface area contributed by atoms with Crippen LogP contribution in [0.3, 0.4) is 0 Å². The standard InChI is InChI=1S/C13H25N5O3.ClH/c1-2-15-13(21)17-11(19)9-18-7-3-4-10(8-18)12(20)16-6-5-14;/h10H,2-9,14H2,1H3,(H,16,20)(H2,15,17,19,21);1H. The molecule has 0 bridgehead atoms. The van der Waals surface area contributed by atoms with Gasteiger partial charge >= 0.3 is 6.03 Å². The normalized spacial score (nSPS) is 18.0. The van der Waals surface area contributed by atoms with Crippen LogP contribution in [0, 0.1) is 5.92 Å². The zero-order chi connectivity index (χ0) is 15.7. The van der Waals surface area contributed by atoms with E-state index in [0.717, 1.165) is 19.4 Å². The number of nitrogens with one attached hydrogen (secondary N) is 3. The maximum Gasteiger partial charge on any atom is 0.321 e. The van der Waals surface area contributed by atoms with E-state index in [1.807, 2.05) is 4.90 Å². The van der Waals surface area contributed by atoms with Gasteiger partial charge in [-0.2, -0.15) is 0 Å². The van der Waals surface area contributed by atoms with Gasteiger partial charge in [-0.15, -0.1) is 12.4 Å². The average molecular weight is 336 g/mol. The Morgan fingerprint density at radius 2 is 2.00 bits per heavy atom. The summed E-state index contributed by atoms with van der Waals surface area (Å²) in [5, 5.41) is 7.53. The van der Waals surface area contributed by atoms with Gasteiger partial charge in [0.1, 0.15) is 0 Å². The number of carbonyl (C=O) groups excluding carboxylic acids is 3. The van der Waals surface area contributed by atoms with Crippen molar-refractivity contribution in [3.05, 3.63) is 0 Å². The molecule has 1 fully saturated rings. The van der Waals surface area contributed by atoms with Gasteiger partial charge in [0.15, 0.2) is 0 Å². The van der Waals surface area contributed by atoms with Gasteiger partial charge in [-0.05, 0) is 26.3 Å². The molecule has 128 valence electrons. The summed E-state index contributed by atoms with van der Waals surface area (Å²) < 4.78 is 0. The van der Waals surface area contributed by atoms with Crippen molar-refractivity contribution >= 4 is 30.3 Å². The number of likely N-dealkylation sites (tertiary alicyclic amines) is 1. The van der Waals surface area contributed by atoms with Crippen molar-refractivity contribution in [3.63, 3.8) is 0 Å². The molecule has 0 aromatic rings. The zero-order valence-electron chi connectivity index (χ0n) is 12.9. The van der Waals surface area contributed by atoms with Crippen LogP contribution in [0.25, 0.3) is 0 Å². The summed E-state index contributed by atoms with van der Waals surface area (Å²) >= 11 is 0. The number of urea groups is 1. The summed E-state index contributed by atoms with van der Waals surface area (Å²) in [6.07, 6.45) is 1.67. The number of hydrogen-bond donors (Lipinski definition) is 4. The second-order valence-corrected chi connectivity index (χ2v) is 5.06. The predicted molar refractivity (Wildman–Crippen MR) is 85.7 cm³/mol. The van der Waals surface area contributed by atoms with Crippen LogP contribution in [0.2, 0.25) is 0 Å². The Balaban J connectivity index is 0.00000441. The number of halogens is 1. The summed E-state index contributed by atoms with van der Waals surface area (Å²) in [6.45, 7) is 4.52. The van der Waals surface area contributed by atoms with Crippen LogP contribution in [-0.4, -0.2) is 62.0 Å². The Labute approximate surface area is 136 Å². The lowest BCUT2D eigenvalue weighted by molar-refractivity contribution is -0.128. The molecule has 0 spiro atoms. The first-order chi connectivity index (χ1) is 10.1. The van der Waals surface area contributed by atoms with Crippen molar-refractivity contribution in [3.8, 4) is 0 Å². The molecule has 8 nitrogen and oxygen atoms in total. The fourth-order valence-electron chi connectivity index (χ4n) is 2.33. The first kappa shape index (κ1) is 20.6. The highest BCUT2D eigenvalue weighted by Crippen LogP contribution is 2.16. The number of imide groups is 1. The molecule has 22 heavy (non-hydrogen) atoms. The molecule has 1 heterocycles. The molecule has 1 unspecified atom stereocenters. The van der Waals surface area contributed by atoms with Crippen LogP contribution in [0.15, 0.2) is 0 Å². The molecule has 1 aliphatic rings. The van der Waals surface area contributed by atoms with Gasteiger partial charge in [0.25, 0.3) is 0 Å². The Bertz CT molecular complexity index is 381. The van der Waals surface area contributed by atoms with Crippen LogP contribution in [0.4, 0.5) is 4.79 Å². The van der Waals surface area contributed by atoms with Crippen molar-refractivity contribution in [2.75, 3.05) is 39.3 Å². The number of amides is 4. The Kier molecular flexibility index (Phi) is 10.5. The summed E-state index contributed by atoms with van der Waals surface area (Å²) in [5.74, 6) is -0.499. The number of piperidine rings is 1. The molecule has 1 rings (SSSR count). The fraction of sp³-hybridized carbons (Fsp3) is 0.769. The smallest absolute Gasteiger partial charge is 0.321 e. The van der Waals surface area contributed by atoms with E-state index in [1.54, 1.807) is 6.92 Å². The largest absolute Gasteiger partial charge is 0.355 e. The lowest BCUT2D eigenvalue weighted by Gasteiger charge is -2.31. The minimum absolute atomic E-state index is 0. The van der Waals surface area contributed by atoms with E-state index in [9.17, 15) is 14.4 Å². The molecule has 9 heteroatoms. The summed E-state index contributed by atoms with van der Waals surface area (Å²) in [7, 11) is 0. The van der Waals surface area contributed by atoms with E-state index < -0.39 is 6.03 Å². The number of nitrogens with zero attached hydrogens (tertiary/aromatic N) is 1. The van der Waals surface area contributed by atoms with E-state index in [-0.39, 0.29) is 36.7 Å². The highest BCUT2D eigenvalue weighted by Gasteiger charge is 2.26. The van der Waals surface area contributed by atoms with Crippen LogP contribution in [0.5, 0.6) is 0 Å². The predicted octanol–water partition coefficient (Wildman–Crippen LogP) is -0.959. The second-order valence-electron chi connectivity index (χ2n) is 5.06. The number of hydrogen-bond acceptors (Lipinski definition) is 5. The lowest BCUT2D eigenvalue weighted by atomic mass is 9.97. The third-order valence-electron chi connectivity index (χ3n) is 3.28. The Morgan fingerprint density at radius 1 is 1.27 bits per heavy atom. The van der Waals surface area contributed by atoms with E-state index in [1.165, 1.54) is 0 Å². The van der Waals surface area contributed by atoms with Crippen molar-refractivity contribution in [1.29, 1.82) is 0 Å². The summed E-state index contributed by atoms with van der Waals surface area (Å²) in [6, 6.07) is -0.489. The van der Waals surface area contributed by atoms with Gasteiger partial charge in [-0.1, -0.05) is 0 Å². The highest BCUT2D eigenvalue weighted by atomic mass is 35.5. The van der Waals surface area contributed by atoms with E-state index >= 15 is 0 Å². The maximum atomic E-state index is 11.9. The first-order valence-electron chi connectivity index (χ1n) is 7.34. The van der Waals surface area contributed by atoms with Crippen molar-refractivity contribution in [2.45, 2.75) is 19.8 Å². The number of nitrogens with two attached hydrogens (primary N) is 1. The van der Waals surface area contributed by atoms with Crippen LogP contribution >= 0.6 is 12.4 Å². The van der Waals surface area contributed by atoms with E-state index in [2.05, 4.69) is 16.0 Å². The number of rotatable bonds is 6. The second kappa shape index (κ2) is 11.2. The highest BCUT2D eigenvalue weighted by molar-refractivity contribution is 5.95. The molecule has 1 atom stereocenters. The molecule has 0 radical (unpaired) electrons. The molecule has 0 aliphatic carbocycles. The molecule has 0 saturated carbocycles. The molecular formula is C13H26ClN5O3. The van der Waals surface area contributed by atoms with E-state index in [0.29, 0.717) is 26.2 Å². The first-order valence-corrected chi connectivity index (χ1v) is 7.34. The van der Waals surface area contributed by atoms with Crippen molar-refractivity contribution in [2.24, 2.45) is 11.7 Å². The number of carbonyl (C=O) groups is 3. The maximum absolute atomic E-state index is 11.9. The molecule has 5 N–H and O–H groups in total. The monoisotopic (exact) mass is 335 g/mol. The zero-order valence-corrected chi connectivity index (χ0v) is 13.7. The molecule has 0 aromatic heterocycles. The minimum atomic E-state index is -0.489. The molecule has 1 aliphatic heterocycles.